The van der Waals surface area contributed by atoms with E-state index in [9.17, 15) is 0 Å². The van der Waals surface area contributed by atoms with Crippen molar-refractivity contribution in [2.24, 2.45) is 5.73 Å². The van der Waals surface area contributed by atoms with Crippen molar-refractivity contribution < 1.29 is 0 Å². The minimum Gasteiger partial charge on any atom is -0.328 e. The summed E-state index contributed by atoms with van der Waals surface area (Å²) in [5.41, 5.74) is 5.92. The van der Waals surface area contributed by atoms with Crippen LogP contribution in [0.15, 0.2) is 0 Å². The lowest BCUT2D eigenvalue weighted by Gasteiger charge is -2.38. The van der Waals surface area contributed by atoms with Gasteiger partial charge in [-0.25, -0.2) is 0 Å². The van der Waals surface area contributed by atoms with Gasteiger partial charge in [-0.1, -0.05) is 12.8 Å². The van der Waals surface area contributed by atoms with E-state index in [2.05, 4.69) is 24.7 Å². The molecule has 0 amide bonds. The van der Waals surface area contributed by atoms with Crippen molar-refractivity contribution in [3.05, 3.63) is 0 Å². The van der Waals surface area contributed by atoms with Crippen LogP contribution in [0.1, 0.15) is 46.0 Å². The van der Waals surface area contributed by atoms with E-state index in [1.54, 1.807) is 0 Å². The zero-order chi connectivity index (χ0) is 11.3. The van der Waals surface area contributed by atoms with Gasteiger partial charge in [0.1, 0.15) is 0 Å². The molecule has 0 saturated heterocycles. The Kier molecular flexibility index (Phi) is 5.14. The predicted molar refractivity (Wildman–Crippen MR) is 65.5 cm³/mol. The van der Waals surface area contributed by atoms with Crippen molar-refractivity contribution in [1.29, 1.82) is 0 Å². The molecule has 0 aliphatic heterocycles. The molecule has 0 aromatic carbocycles. The molecular formula is C13H24N2. The molecule has 1 unspecified atom stereocenters. The maximum Gasteiger partial charge on any atom is 0.0685 e. The Bertz CT molecular complexity index is 211. The lowest BCUT2D eigenvalue weighted by atomic mass is 9.90. The molecule has 1 rings (SSSR count). The molecule has 0 spiro atoms. The molecule has 0 aromatic rings. The highest BCUT2D eigenvalue weighted by Crippen LogP contribution is 2.23. The zero-order valence-electron chi connectivity index (χ0n) is 10.1. The van der Waals surface area contributed by atoms with E-state index < -0.39 is 0 Å². The smallest absolute Gasteiger partial charge is 0.0685 e. The van der Waals surface area contributed by atoms with Crippen LogP contribution in [0.25, 0.3) is 0 Å². The molecule has 1 saturated carbocycles. The molecule has 0 aromatic heterocycles. The summed E-state index contributed by atoms with van der Waals surface area (Å²) in [5, 5.41) is 0. The molecule has 2 N–H and O–H groups in total. The van der Waals surface area contributed by atoms with Crippen LogP contribution < -0.4 is 5.73 Å². The highest BCUT2D eigenvalue weighted by Gasteiger charge is 2.25. The van der Waals surface area contributed by atoms with Gasteiger partial charge >= 0.3 is 0 Å². The third-order valence-electron chi connectivity index (χ3n) is 3.43. The SMILES string of the molecule is C#CC(C)N(CCC)C1CCC(N)CC1. The summed E-state index contributed by atoms with van der Waals surface area (Å²) in [4.78, 5) is 2.48. The van der Waals surface area contributed by atoms with Gasteiger partial charge < -0.3 is 5.73 Å². The molecule has 0 bridgehead atoms. The summed E-state index contributed by atoms with van der Waals surface area (Å²) in [6, 6.07) is 1.35. The Morgan fingerprint density at radius 1 is 1.40 bits per heavy atom. The molecule has 1 atom stereocenters. The Hall–Kier alpha value is -0.520. The Morgan fingerprint density at radius 3 is 2.47 bits per heavy atom. The molecule has 1 aliphatic rings. The molecule has 1 fully saturated rings. The fourth-order valence-corrected chi connectivity index (χ4v) is 2.48. The Labute approximate surface area is 94.2 Å². The van der Waals surface area contributed by atoms with Gasteiger partial charge in [-0.2, -0.15) is 0 Å². The van der Waals surface area contributed by atoms with Crippen LogP contribution in [-0.2, 0) is 0 Å². The van der Waals surface area contributed by atoms with Gasteiger partial charge in [0.2, 0.25) is 0 Å². The first-order valence-electron chi connectivity index (χ1n) is 6.16. The fourth-order valence-electron chi connectivity index (χ4n) is 2.48. The maximum absolute atomic E-state index is 5.92. The fraction of sp³-hybridized carbons (Fsp3) is 0.846. The minimum atomic E-state index is 0.268. The number of rotatable bonds is 4. The van der Waals surface area contributed by atoms with E-state index in [1.165, 1.54) is 19.3 Å². The number of hydrogen-bond acceptors (Lipinski definition) is 2. The second-order valence-corrected chi connectivity index (χ2v) is 4.65. The van der Waals surface area contributed by atoms with Crippen LogP contribution in [0.2, 0.25) is 0 Å². The predicted octanol–water partition coefficient (Wildman–Crippen LogP) is 1.99. The third-order valence-corrected chi connectivity index (χ3v) is 3.43. The topological polar surface area (TPSA) is 29.3 Å². The molecule has 0 heterocycles. The summed E-state index contributed by atoms with van der Waals surface area (Å²) in [5.74, 6) is 2.85. The second kappa shape index (κ2) is 6.15. The van der Waals surface area contributed by atoms with E-state index >= 15 is 0 Å². The lowest BCUT2D eigenvalue weighted by Crippen LogP contribution is -2.45. The van der Waals surface area contributed by atoms with E-state index in [-0.39, 0.29) is 6.04 Å². The first-order valence-corrected chi connectivity index (χ1v) is 6.16. The minimum absolute atomic E-state index is 0.268. The molecule has 2 nitrogen and oxygen atoms in total. The third kappa shape index (κ3) is 3.52. The quantitative estimate of drug-likeness (QED) is 0.716. The van der Waals surface area contributed by atoms with E-state index in [4.69, 9.17) is 12.2 Å². The standard InChI is InChI=1S/C13H24N2/c1-4-10-15(11(3)5-2)13-8-6-12(14)7-9-13/h2,11-13H,4,6-10,14H2,1,3H3. The highest BCUT2D eigenvalue weighted by molar-refractivity contribution is 4.99. The summed E-state index contributed by atoms with van der Waals surface area (Å²) < 4.78 is 0. The highest BCUT2D eigenvalue weighted by atomic mass is 15.2. The average Bonchev–Trinajstić information content (AvgIpc) is 2.26. The molecule has 1 aliphatic carbocycles. The van der Waals surface area contributed by atoms with Gasteiger partial charge in [0.15, 0.2) is 0 Å². The Balaban J connectivity index is 2.52. The molecule has 2 heteroatoms. The monoisotopic (exact) mass is 208 g/mol. The second-order valence-electron chi connectivity index (χ2n) is 4.65. The van der Waals surface area contributed by atoms with Gasteiger partial charge in [-0.05, 0) is 45.6 Å². The maximum atomic E-state index is 5.92. The van der Waals surface area contributed by atoms with Crippen LogP contribution in [0.5, 0.6) is 0 Å². The van der Waals surface area contributed by atoms with Gasteiger partial charge in [-0.15, -0.1) is 6.42 Å². The van der Waals surface area contributed by atoms with Gasteiger partial charge in [-0.3, -0.25) is 4.90 Å². The number of terminal acetylenes is 1. The van der Waals surface area contributed by atoms with Gasteiger partial charge in [0.25, 0.3) is 0 Å². The van der Waals surface area contributed by atoms with Crippen LogP contribution in [0, 0.1) is 12.3 Å². The summed E-state index contributed by atoms with van der Waals surface area (Å²) in [6.45, 7) is 5.46. The number of nitrogens with two attached hydrogens (primary N) is 1. The summed E-state index contributed by atoms with van der Waals surface area (Å²) in [6.07, 6.45) is 11.4. The van der Waals surface area contributed by atoms with Crippen LogP contribution in [-0.4, -0.2) is 29.6 Å². The lowest BCUT2D eigenvalue weighted by molar-refractivity contribution is 0.131. The van der Waals surface area contributed by atoms with Crippen molar-refractivity contribution in [2.45, 2.75) is 64.1 Å². The first kappa shape index (κ1) is 12.5. The average molecular weight is 208 g/mol. The Morgan fingerprint density at radius 2 is 2.00 bits per heavy atom. The van der Waals surface area contributed by atoms with Gasteiger partial charge in [0.05, 0.1) is 6.04 Å². The van der Waals surface area contributed by atoms with Gasteiger partial charge in [0, 0.05) is 12.1 Å². The summed E-state index contributed by atoms with van der Waals surface area (Å²) in [7, 11) is 0. The summed E-state index contributed by atoms with van der Waals surface area (Å²) >= 11 is 0. The van der Waals surface area contributed by atoms with Crippen molar-refractivity contribution in [2.75, 3.05) is 6.54 Å². The molecule has 0 radical (unpaired) electrons. The van der Waals surface area contributed by atoms with Crippen molar-refractivity contribution in [3.63, 3.8) is 0 Å². The first-order chi connectivity index (χ1) is 7.19. The van der Waals surface area contributed by atoms with Crippen molar-refractivity contribution in [3.8, 4) is 12.3 Å². The molecule has 86 valence electrons. The van der Waals surface area contributed by atoms with Crippen LogP contribution in [0.4, 0.5) is 0 Å². The van der Waals surface area contributed by atoms with E-state index in [0.717, 1.165) is 19.4 Å². The molecule has 15 heavy (non-hydrogen) atoms. The van der Waals surface area contributed by atoms with E-state index in [0.29, 0.717) is 12.1 Å². The number of hydrogen-bond donors (Lipinski definition) is 1. The van der Waals surface area contributed by atoms with Crippen molar-refractivity contribution in [1.82, 2.24) is 4.90 Å². The number of nitrogens with zero attached hydrogens (tertiary/aromatic N) is 1. The van der Waals surface area contributed by atoms with Crippen LogP contribution >= 0.6 is 0 Å². The van der Waals surface area contributed by atoms with E-state index in [1.807, 2.05) is 0 Å². The van der Waals surface area contributed by atoms with Crippen LogP contribution in [0.3, 0.4) is 0 Å². The normalized spacial score (nSPS) is 28.7. The van der Waals surface area contributed by atoms with Crippen molar-refractivity contribution >= 4 is 0 Å². The largest absolute Gasteiger partial charge is 0.328 e. The molecular weight excluding hydrogens is 184 g/mol. The zero-order valence-corrected chi connectivity index (χ0v) is 10.1.